The van der Waals surface area contributed by atoms with Crippen LogP contribution in [-0.4, -0.2) is 41.9 Å². The molecule has 1 atom stereocenters. The Hall–Kier alpha value is -0.0900. The number of unbranched alkanes of at least 4 members (excludes halogenated alkanes) is 1. The number of alkyl halides is 1. The largest absolute Gasteiger partial charge is 0.376 e. The third-order valence-corrected chi connectivity index (χ3v) is 3.52. The molecule has 1 rings (SSSR count). The minimum absolute atomic E-state index is 0.277. The van der Waals surface area contributed by atoms with E-state index in [-0.39, 0.29) is 12.0 Å². The van der Waals surface area contributed by atoms with E-state index < -0.39 is 0 Å². The van der Waals surface area contributed by atoms with E-state index in [1.165, 1.54) is 0 Å². The number of halogens is 1. The Kier molecular flexibility index (Phi) is 7.05. The molecule has 0 aromatic heterocycles. The van der Waals surface area contributed by atoms with Crippen LogP contribution in [0.1, 0.15) is 39.0 Å². The van der Waals surface area contributed by atoms with Crippen LogP contribution in [0.2, 0.25) is 0 Å². The van der Waals surface area contributed by atoms with Crippen LogP contribution in [0.5, 0.6) is 0 Å². The Morgan fingerprint density at radius 1 is 1.50 bits per heavy atom. The highest BCUT2D eigenvalue weighted by Crippen LogP contribution is 2.14. The van der Waals surface area contributed by atoms with E-state index in [1.807, 2.05) is 11.8 Å². The predicted octanol–water partition coefficient (Wildman–Crippen LogP) is 2.58. The van der Waals surface area contributed by atoms with Crippen molar-refractivity contribution >= 4 is 21.8 Å². The average Bonchev–Trinajstić information content (AvgIpc) is 2.78. The van der Waals surface area contributed by atoms with Crippen LogP contribution in [0.25, 0.3) is 0 Å². The molecule has 3 nitrogen and oxygen atoms in total. The molecule has 94 valence electrons. The molecule has 0 bridgehead atoms. The van der Waals surface area contributed by atoms with Gasteiger partial charge in [0.05, 0.1) is 6.10 Å². The van der Waals surface area contributed by atoms with Gasteiger partial charge >= 0.3 is 0 Å². The van der Waals surface area contributed by atoms with Crippen LogP contribution in [-0.2, 0) is 9.53 Å². The van der Waals surface area contributed by atoms with Crippen molar-refractivity contribution in [1.29, 1.82) is 0 Å². The third-order valence-electron chi connectivity index (χ3n) is 2.96. The van der Waals surface area contributed by atoms with Gasteiger partial charge in [-0.25, -0.2) is 0 Å². The van der Waals surface area contributed by atoms with Crippen LogP contribution in [0.15, 0.2) is 0 Å². The molecule has 0 aromatic rings. The Labute approximate surface area is 107 Å². The van der Waals surface area contributed by atoms with Gasteiger partial charge in [0.25, 0.3) is 0 Å². The van der Waals surface area contributed by atoms with Crippen molar-refractivity contribution in [2.45, 2.75) is 45.1 Å². The molecule has 1 aliphatic rings. The summed E-state index contributed by atoms with van der Waals surface area (Å²) >= 11 is 3.38. The smallest absolute Gasteiger partial charge is 0.222 e. The number of rotatable bonds is 7. The minimum atomic E-state index is 0.277. The van der Waals surface area contributed by atoms with Crippen molar-refractivity contribution < 1.29 is 9.53 Å². The highest BCUT2D eigenvalue weighted by atomic mass is 79.9. The fraction of sp³-hybridized carbons (Fsp3) is 0.917. The Morgan fingerprint density at radius 2 is 2.31 bits per heavy atom. The van der Waals surface area contributed by atoms with E-state index in [4.69, 9.17) is 4.74 Å². The second-order valence-corrected chi connectivity index (χ2v) is 5.01. The minimum Gasteiger partial charge on any atom is -0.376 e. The Balaban J connectivity index is 2.25. The quantitative estimate of drug-likeness (QED) is 0.533. The molecule has 1 amide bonds. The van der Waals surface area contributed by atoms with Crippen molar-refractivity contribution in [2.24, 2.45) is 0 Å². The topological polar surface area (TPSA) is 29.5 Å². The summed E-state index contributed by atoms with van der Waals surface area (Å²) in [6, 6.07) is 0. The number of ether oxygens (including phenoxy) is 1. The lowest BCUT2D eigenvalue weighted by Gasteiger charge is -2.24. The van der Waals surface area contributed by atoms with Gasteiger partial charge in [-0.05, 0) is 32.6 Å². The number of amides is 1. The first-order valence-corrected chi connectivity index (χ1v) is 7.35. The van der Waals surface area contributed by atoms with Crippen molar-refractivity contribution in [1.82, 2.24) is 4.90 Å². The second-order valence-electron chi connectivity index (χ2n) is 4.21. The van der Waals surface area contributed by atoms with E-state index in [2.05, 4.69) is 15.9 Å². The summed E-state index contributed by atoms with van der Waals surface area (Å²) in [5.41, 5.74) is 0. The summed E-state index contributed by atoms with van der Waals surface area (Å²) in [6.07, 6.45) is 5.24. The number of carbonyl (C=O) groups is 1. The molecule has 1 heterocycles. The molecule has 0 radical (unpaired) electrons. The normalized spacial score (nSPS) is 20.0. The average molecular weight is 292 g/mol. The first kappa shape index (κ1) is 14.0. The molecule has 0 aliphatic carbocycles. The van der Waals surface area contributed by atoms with Gasteiger partial charge < -0.3 is 9.64 Å². The number of hydrogen-bond donors (Lipinski definition) is 0. The fourth-order valence-corrected chi connectivity index (χ4v) is 2.37. The lowest BCUT2D eigenvalue weighted by Crippen LogP contribution is -2.37. The van der Waals surface area contributed by atoms with Crippen LogP contribution >= 0.6 is 15.9 Å². The maximum atomic E-state index is 11.9. The maximum Gasteiger partial charge on any atom is 0.222 e. The van der Waals surface area contributed by atoms with Crippen molar-refractivity contribution in [3.05, 3.63) is 0 Å². The molecule has 16 heavy (non-hydrogen) atoms. The first-order chi connectivity index (χ1) is 7.77. The molecule has 0 aromatic carbocycles. The van der Waals surface area contributed by atoms with Crippen LogP contribution in [0.4, 0.5) is 0 Å². The lowest BCUT2D eigenvalue weighted by molar-refractivity contribution is -0.132. The second kappa shape index (κ2) is 8.07. The number of carbonyl (C=O) groups excluding carboxylic acids is 1. The molecule has 1 saturated heterocycles. The van der Waals surface area contributed by atoms with Gasteiger partial charge in [-0.1, -0.05) is 15.9 Å². The number of likely N-dealkylation sites (N-methyl/N-ethyl adjacent to an activating group) is 1. The molecular weight excluding hydrogens is 270 g/mol. The molecule has 0 spiro atoms. The zero-order valence-electron chi connectivity index (χ0n) is 10.1. The van der Waals surface area contributed by atoms with Crippen molar-refractivity contribution in [3.63, 3.8) is 0 Å². The van der Waals surface area contributed by atoms with Gasteiger partial charge in [0.1, 0.15) is 0 Å². The Morgan fingerprint density at radius 3 is 2.88 bits per heavy atom. The fourth-order valence-electron chi connectivity index (χ4n) is 1.97. The molecule has 0 saturated carbocycles. The third kappa shape index (κ3) is 4.83. The maximum absolute atomic E-state index is 11.9. The molecule has 0 N–H and O–H groups in total. The van der Waals surface area contributed by atoms with Gasteiger partial charge in [0.2, 0.25) is 5.91 Å². The van der Waals surface area contributed by atoms with Crippen LogP contribution < -0.4 is 0 Å². The van der Waals surface area contributed by atoms with Gasteiger partial charge in [-0.2, -0.15) is 0 Å². The zero-order chi connectivity index (χ0) is 11.8. The summed E-state index contributed by atoms with van der Waals surface area (Å²) in [5.74, 6) is 0.277. The summed E-state index contributed by atoms with van der Waals surface area (Å²) < 4.78 is 5.56. The van der Waals surface area contributed by atoms with Crippen molar-refractivity contribution in [2.75, 3.05) is 25.0 Å². The van der Waals surface area contributed by atoms with Crippen LogP contribution in [0, 0.1) is 0 Å². The molecule has 4 heteroatoms. The van der Waals surface area contributed by atoms with E-state index in [0.29, 0.717) is 6.42 Å². The summed E-state index contributed by atoms with van der Waals surface area (Å²) in [5, 5.41) is 0.984. The molecular formula is C12H22BrNO2. The number of hydrogen-bond acceptors (Lipinski definition) is 2. The molecule has 1 aliphatic heterocycles. The monoisotopic (exact) mass is 291 g/mol. The molecule has 1 unspecified atom stereocenters. The van der Waals surface area contributed by atoms with E-state index in [9.17, 15) is 4.79 Å². The highest BCUT2D eigenvalue weighted by Gasteiger charge is 2.20. The SMILES string of the molecule is CCN(CC1CCCO1)C(=O)CCCCBr. The van der Waals surface area contributed by atoms with Gasteiger partial charge in [0.15, 0.2) is 0 Å². The molecule has 1 fully saturated rings. The van der Waals surface area contributed by atoms with Crippen molar-refractivity contribution in [3.8, 4) is 0 Å². The van der Waals surface area contributed by atoms with Crippen LogP contribution in [0.3, 0.4) is 0 Å². The highest BCUT2D eigenvalue weighted by molar-refractivity contribution is 9.09. The van der Waals surface area contributed by atoms with Gasteiger partial charge in [-0.3, -0.25) is 4.79 Å². The van der Waals surface area contributed by atoms with Gasteiger partial charge in [0, 0.05) is 31.4 Å². The lowest BCUT2D eigenvalue weighted by atomic mass is 10.2. The van der Waals surface area contributed by atoms with E-state index in [0.717, 1.165) is 50.7 Å². The summed E-state index contributed by atoms with van der Waals surface area (Å²) in [6.45, 7) is 4.48. The van der Waals surface area contributed by atoms with E-state index >= 15 is 0 Å². The van der Waals surface area contributed by atoms with E-state index in [1.54, 1.807) is 0 Å². The van der Waals surface area contributed by atoms with Gasteiger partial charge in [-0.15, -0.1) is 0 Å². The Bertz CT molecular complexity index is 205. The zero-order valence-corrected chi connectivity index (χ0v) is 11.7. The predicted molar refractivity (Wildman–Crippen MR) is 68.9 cm³/mol. The first-order valence-electron chi connectivity index (χ1n) is 6.23. The summed E-state index contributed by atoms with van der Waals surface area (Å²) in [7, 11) is 0. The standard InChI is InChI=1S/C12H22BrNO2/c1-2-14(10-11-6-5-9-16-11)12(15)7-3-4-8-13/h11H,2-10H2,1H3. The summed E-state index contributed by atoms with van der Waals surface area (Å²) in [4.78, 5) is 13.8. The number of nitrogens with zero attached hydrogens (tertiary/aromatic N) is 1.